The summed E-state index contributed by atoms with van der Waals surface area (Å²) in [6.45, 7) is 18.0. The SMILES string of the molecule is CC1(C)C=C2N=C1C1=NC(=CC1(C)C)C(C)(C)c1[c-]c(ccc1)-c1[c-]c(ccc1)C2(C)C.[Pt+2]. The number of nitrogens with zero attached hydrogens (tertiary/aromatic N) is 2. The molecule has 0 radical (unpaired) electrons. The summed E-state index contributed by atoms with van der Waals surface area (Å²) >= 11 is 0. The minimum atomic E-state index is -0.268. The van der Waals surface area contributed by atoms with Crippen LogP contribution in [0.5, 0.6) is 0 Å². The maximum absolute atomic E-state index is 5.27. The van der Waals surface area contributed by atoms with Crippen molar-refractivity contribution in [2.45, 2.75) is 66.2 Å². The van der Waals surface area contributed by atoms with Crippen LogP contribution in [0.2, 0.25) is 0 Å². The van der Waals surface area contributed by atoms with E-state index >= 15 is 0 Å². The van der Waals surface area contributed by atoms with Gasteiger partial charge in [0.15, 0.2) is 0 Å². The molecule has 0 N–H and O–H groups in total. The minimum absolute atomic E-state index is 0. The molecule has 0 amide bonds. The summed E-state index contributed by atoms with van der Waals surface area (Å²) in [5, 5.41) is 0. The molecule has 3 heterocycles. The van der Waals surface area contributed by atoms with Gasteiger partial charge in [-0.3, -0.25) is 9.98 Å². The average molecular weight is 616 g/mol. The van der Waals surface area contributed by atoms with Crippen molar-refractivity contribution < 1.29 is 21.1 Å². The van der Waals surface area contributed by atoms with Gasteiger partial charge in [0.25, 0.3) is 0 Å². The Morgan fingerprint density at radius 3 is 1.30 bits per heavy atom. The molecule has 2 nitrogen and oxygen atoms in total. The quantitative estimate of drug-likeness (QED) is 0.279. The van der Waals surface area contributed by atoms with E-state index in [0.717, 1.165) is 45.1 Å². The van der Waals surface area contributed by atoms with Crippen LogP contribution in [0.25, 0.3) is 11.1 Å². The average Bonchev–Trinajstić information content (AvgIpc) is 3.23. The second-order valence-corrected chi connectivity index (χ2v) is 11.6. The van der Waals surface area contributed by atoms with Gasteiger partial charge in [-0.2, -0.15) is 36.4 Å². The van der Waals surface area contributed by atoms with E-state index in [2.05, 4.69) is 116 Å². The molecule has 0 spiro atoms. The molecule has 172 valence electrons. The van der Waals surface area contributed by atoms with Gasteiger partial charge in [-0.15, -0.1) is 23.3 Å². The van der Waals surface area contributed by atoms with Crippen molar-refractivity contribution in [2.24, 2.45) is 20.8 Å². The van der Waals surface area contributed by atoms with Gasteiger partial charge in [-0.05, 0) is 0 Å². The van der Waals surface area contributed by atoms with Crippen LogP contribution in [-0.2, 0) is 31.9 Å². The summed E-state index contributed by atoms with van der Waals surface area (Å²) in [5.74, 6) is 0. The van der Waals surface area contributed by atoms with Crippen molar-refractivity contribution in [3.63, 3.8) is 0 Å². The first-order valence-electron chi connectivity index (χ1n) is 11.5. The van der Waals surface area contributed by atoms with Crippen LogP contribution < -0.4 is 0 Å². The van der Waals surface area contributed by atoms with E-state index in [1.54, 1.807) is 0 Å². The van der Waals surface area contributed by atoms with Crippen molar-refractivity contribution in [3.8, 4) is 11.1 Å². The molecule has 3 aliphatic rings. The number of aliphatic imine (C=N–C) groups is 2. The van der Waals surface area contributed by atoms with Gasteiger partial charge >= 0.3 is 21.1 Å². The second kappa shape index (κ2) is 7.47. The third-order valence-electron chi connectivity index (χ3n) is 7.41. The topological polar surface area (TPSA) is 24.7 Å². The van der Waals surface area contributed by atoms with E-state index in [-0.39, 0.29) is 42.7 Å². The summed E-state index contributed by atoms with van der Waals surface area (Å²) < 4.78 is 0. The van der Waals surface area contributed by atoms with Crippen LogP contribution in [0.3, 0.4) is 0 Å². The van der Waals surface area contributed by atoms with Crippen LogP contribution in [0.1, 0.15) is 66.5 Å². The summed E-state index contributed by atoms with van der Waals surface area (Å²) in [6.07, 6.45) is 4.66. The maximum Gasteiger partial charge on any atom is 2.00 e. The smallest absolute Gasteiger partial charge is 0.254 e. The number of hydrogen-bond acceptors (Lipinski definition) is 2. The van der Waals surface area contributed by atoms with Crippen molar-refractivity contribution in [3.05, 3.63) is 83.2 Å². The van der Waals surface area contributed by atoms with Crippen LogP contribution in [0, 0.1) is 23.0 Å². The Hall–Kier alpha value is -2.05. The predicted octanol–water partition coefficient (Wildman–Crippen LogP) is 7.25. The Bertz CT molecular complexity index is 1170. The second-order valence-electron chi connectivity index (χ2n) is 11.6. The molecule has 0 saturated carbocycles. The number of rotatable bonds is 0. The Morgan fingerprint density at radius 1 is 0.576 bits per heavy atom. The van der Waals surface area contributed by atoms with Gasteiger partial charge in [0.05, 0.1) is 11.4 Å². The van der Waals surface area contributed by atoms with Crippen molar-refractivity contribution >= 4 is 11.4 Å². The molecule has 2 aromatic rings. The van der Waals surface area contributed by atoms with Crippen LogP contribution in [0.15, 0.2) is 69.9 Å². The van der Waals surface area contributed by atoms with E-state index in [1.165, 1.54) is 0 Å². The monoisotopic (exact) mass is 615 g/mol. The first kappa shape index (κ1) is 24.1. The summed E-state index contributed by atoms with van der Waals surface area (Å²) in [5.41, 5.74) is 7.86. The van der Waals surface area contributed by atoms with Gasteiger partial charge in [-0.25, -0.2) is 11.1 Å². The van der Waals surface area contributed by atoms with Gasteiger partial charge in [-0.1, -0.05) is 67.5 Å². The maximum atomic E-state index is 5.27. The van der Waals surface area contributed by atoms with E-state index in [1.807, 2.05) is 0 Å². The fourth-order valence-corrected chi connectivity index (χ4v) is 5.03. The Kier molecular flexibility index (Phi) is 5.45. The molecule has 0 atom stereocenters. The number of fused-ring (bicyclic) bond motifs is 8. The van der Waals surface area contributed by atoms with Crippen molar-refractivity contribution in [1.82, 2.24) is 0 Å². The largest absolute Gasteiger partial charge is 2.00 e. The van der Waals surface area contributed by atoms with E-state index in [0.29, 0.717) is 0 Å². The number of allylic oxidation sites excluding steroid dienone is 4. The molecule has 0 aliphatic carbocycles. The van der Waals surface area contributed by atoms with E-state index < -0.39 is 0 Å². The third kappa shape index (κ3) is 3.66. The zero-order valence-electron chi connectivity index (χ0n) is 20.8. The first-order chi connectivity index (χ1) is 14.8. The number of hydrogen-bond donors (Lipinski definition) is 0. The molecule has 8 bridgehead atoms. The van der Waals surface area contributed by atoms with Crippen LogP contribution in [-0.4, -0.2) is 11.4 Å². The normalized spacial score (nSPS) is 22.8. The van der Waals surface area contributed by atoms with Gasteiger partial charge in [0.1, 0.15) is 0 Å². The molecule has 0 unspecified atom stereocenters. The molecule has 0 aromatic heterocycles. The molecule has 5 rings (SSSR count). The zero-order valence-corrected chi connectivity index (χ0v) is 23.1. The fourth-order valence-electron chi connectivity index (χ4n) is 5.03. The molecule has 3 aliphatic heterocycles. The molecule has 0 saturated heterocycles. The molecular weight excluding hydrogens is 583 g/mol. The molecule has 3 heteroatoms. The van der Waals surface area contributed by atoms with Crippen molar-refractivity contribution in [1.29, 1.82) is 0 Å². The van der Waals surface area contributed by atoms with Crippen LogP contribution >= 0.6 is 0 Å². The van der Waals surface area contributed by atoms with Crippen molar-refractivity contribution in [2.75, 3.05) is 0 Å². The standard InChI is InChI=1S/C30H32N2.Pt/c1-27(2)17-23-29(5,6)21-13-9-11-19(15-21)20-12-10-14-22(16-20)30(7,8)24-18-28(3,4)26(32-24)25(27)31-23;/h9-14,17-18H,1-8H3;/q-2;+2. The molecule has 33 heavy (non-hydrogen) atoms. The zero-order chi connectivity index (χ0) is 23.1. The predicted molar refractivity (Wildman–Crippen MR) is 134 cm³/mol. The first-order valence-corrected chi connectivity index (χ1v) is 11.5. The third-order valence-corrected chi connectivity index (χ3v) is 7.41. The molecule has 2 aromatic carbocycles. The Balaban J connectivity index is 0.00000259. The van der Waals surface area contributed by atoms with E-state index in [9.17, 15) is 0 Å². The summed E-state index contributed by atoms with van der Waals surface area (Å²) in [7, 11) is 0. The molecule has 0 fully saturated rings. The van der Waals surface area contributed by atoms with E-state index in [4.69, 9.17) is 9.98 Å². The summed E-state index contributed by atoms with van der Waals surface area (Å²) in [4.78, 5) is 10.5. The Morgan fingerprint density at radius 2 is 0.939 bits per heavy atom. The Labute approximate surface area is 213 Å². The van der Waals surface area contributed by atoms with Crippen LogP contribution in [0.4, 0.5) is 0 Å². The molecular formula is C30H32N2Pt. The van der Waals surface area contributed by atoms with Gasteiger partial charge < -0.3 is 0 Å². The summed E-state index contributed by atoms with van der Waals surface area (Å²) in [6, 6.07) is 20.3. The van der Waals surface area contributed by atoms with Gasteiger partial charge in [0, 0.05) is 33.1 Å². The van der Waals surface area contributed by atoms with Gasteiger partial charge in [0.2, 0.25) is 0 Å². The minimum Gasteiger partial charge on any atom is -0.254 e. The fraction of sp³-hybridized carbons (Fsp3) is 0.400. The number of benzene rings is 2.